The maximum atomic E-state index is 13.2. The van der Waals surface area contributed by atoms with Crippen molar-refractivity contribution in [2.24, 2.45) is 11.3 Å². The van der Waals surface area contributed by atoms with Crippen molar-refractivity contribution in [3.63, 3.8) is 0 Å². The van der Waals surface area contributed by atoms with Gasteiger partial charge in [0.05, 0.1) is 9.75 Å². The molecule has 3 heteroatoms. The summed E-state index contributed by atoms with van der Waals surface area (Å²) in [6.45, 7) is 1.86. The molecule has 0 unspecified atom stereocenters. The van der Waals surface area contributed by atoms with Gasteiger partial charge in [-0.1, -0.05) is 25.2 Å². The van der Waals surface area contributed by atoms with Crippen molar-refractivity contribution in [1.29, 1.82) is 0 Å². The molecule has 2 heterocycles. The Balaban J connectivity index is 1.57. The van der Waals surface area contributed by atoms with Crippen LogP contribution in [0.15, 0.2) is 24.3 Å². The zero-order valence-corrected chi connectivity index (χ0v) is 15.7. The highest BCUT2D eigenvalue weighted by Crippen LogP contribution is 2.55. The van der Waals surface area contributed by atoms with E-state index in [1.54, 1.807) is 22.7 Å². The van der Waals surface area contributed by atoms with Crippen LogP contribution in [0.3, 0.4) is 0 Å². The monoisotopic (exact) mass is 354 g/mol. The van der Waals surface area contributed by atoms with Gasteiger partial charge < -0.3 is 0 Å². The van der Waals surface area contributed by atoms with Gasteiger partial charge in [0.15, 0.2) is 5.78 Å². The number of ketones is 1. The SMILES string of the molecule is CC#Cc1ccc(-c2ccc(C(=O)[C@H]3CCCC34CCCC4)s2)s1. The summed E-state index contributed by atoms with van der Waals surface area (Å²) in [6.07, 6.45) is 8.77. The van der Waals surface area contributed by atoms with Crippen molar-refractivity contribution >= 4 is 28.5 Å². The average Bonchev–Trinajstić information content (AvgIpc) is 3.36. The average molecular weight is 355 g/mol. The zero-order valence-electron chi connectivity index (χ0n) is 14.1. The van der Waals surface area contributed by atoms with E-state index in [1.807, 2.05) is 13.0 Å². The number of thiophene rings is 2. The lowest BCUT2D eigenvalue weighted by Crippen LogP contribution is -2.28. The molecule has 0 N–H and O–H groups in total. The van der Waals surface area contributed by atoms with Crippen LogP contribution in [-0.2, 0) is 0 Å². The maximum Gasteiger partial charge on any atom is 0.176 e. The number of hydrogen-bond acceptors (Lipinski definition) is 3. The summed E-state index contributed by atoms with van der Waals surface area (Å²) in [5.41, 5.74) is 0.341. The third-order valence-corrected chi connectivity index (χ3v) is 8.06. The molecule has 24 heavy (non-hydrogen) atoms. The van der Waals surface area contributed by atoms with Crippen molar-refractivity contribution < 1.29 is 4.79 Å². The van der Waals surface area contributed by atoms with E-state index in [2.05, 4.69) is 30.0 Å². The second kappa shape index (κ2) is 6.50. The van der Waals surface area contributed by atoms with E-state index in [1.165, 1.54) is 48.3 Å². The largest absolute Gasteiger partial charge is 0.293 e. The first-order valence-electron chi connectivity index (χ1n) is 8.89. The maximum absolute atomic E-state index is 13.2. The minimum atomic E-state index is 0.274. The number of hydrogen-bond donors (Lipinski definition) is 0. The number of rotatable bonds is 3. The fourth-order valence-electron chi connectivity index (χ4n) is 4.66. The molecule has 4 rings (SSSR count). The summed E-state index contributed by atoms with van der Waals surface area (Å²) in [6, 6.07) is 8.36. The van der Waals surface area contributed by atoms with Gasteiger partial charge in [-0.2, -0.15) is 0 Å². The van der Waals surface area contributed by atoms with Gasteiger partial charge in [0.25, 0.3) is 0 Å². The van der Waals surface area contributed by atoms with E-state index in [0.29, 0.717) is 11.2 Å². The molecule has 0 saturated heterocycles. The Morgan fingerprint density at radius 1 is 1.04 bits per heavy atom. The van der Waals surface area contributed by atoms with Gasteiger partial charge in [-0.05, 0) is 62.3 Å². The summed E-state index contributed by atoms with van der Waals surface area (Å²) in [5.74, 6) is 6.75. The van der Waals surface area contributed by atoms with E-state index in [9.17, 15) is 4.79 Å². The molecule has 0 radical (unpaired) electrons. The van der Waals surface area contributed by atoms with Crippen LogP contribution in [-0.4, -0.2) is 5.78 Å². The van der Waals surface area contributed by atoms with E-state index in [0.717, 1.165) is 16.2 Å². The second-order valence-corrected chi connectivity index (χ2v) is 9.25. The molecule has 0 aliphatic heterocycles. The van der Waals surface area contributed by atoms with Crippen LogP contribution in [0.4, 0.5) is 0 Å². The highest BCUT2D eigenvalue weighted by Gasteiger charge is 2.48. The smallest absolute Gasteiger partial charge is 0.176 e. The fourth-order valence-corrected chi connectivity index (χ4v) is 6.66. The summed E-state index contributed by atoms with van der Waals surface area (Å²) in [5, 5.41) is 0. The molecule has 1 atom stereocenters. The van der Waals surface area contributed by atoms with Crippen molar-refractivity contribution in [3.05, 3.63) is 34.0 Å². The first-order valence-corrected chi connectivity index (χ1v) is 10.5. The lowest BCUT2D eigenvalue weighted by molar-refractivity contribution is 0.0808. The van der Waals surface area contributed by atoms with Gasteiger partial charge in [-0.3, -0.25) is 4.79 Å². The zero-order chi connectivity index (χ0) is 16.6. The number of carbonyl (C=O) groups excluding carboxylic acids is 1. The Morgan fingerprint density at radius 3 is 2.54 bits per heavy atom. The minimum Gasteiger partial charge on any atom is -0.293 e. The number of carbonyl (C=O) groups is 1. The first kappa shape index (κ1) is 16.1. The molecule has 0 amide bonds. The molecule has 1 spiro atoms. The minimum absolute atomic E-state index is 0.274. The Bertz CT molecular complexity index is 803. The number of Topliss-reactive ketones (excluding diaryl/α,β-unsaturated/α-hetero) is 1. The van der Waals surface area contributed by atoms with Crippen LogP contribution in [0.1, 0.15) is 66.4 Å². The standard InChI is InChI=1S/C21H22OS2/c1-2-6-15-8-9-17(23-15)18-10-11-19(24-18)20(22)16-7-5-14-21(16)12-3-4-13-21/h8-11,16H,3-5,7,12-14H2,1H3/t16-/m1/s1. The predicted molar refractivity (Wildman–Crippen MR) is 103 cm³/mol. The molecule has 2 aromatic rings. The topological polar surface area (TPSA) is 17.1 Å². The summed E-state index contributed by atoms with van der Waals surface area (Å²) in [7, 11) is 0. The molecule has 1 nitrogen and oxygen atoms in total. The summed E-state index contributed by atoms with van der Waals surface area (Å²) in [4.78, 5) is 17.6. The van der Waals surface area contributed by atoms with Gasteiger partial charge in [-0.15, -0.1) is 28.6 Å². The molecule has 0 bridgehead atoms. The second-order valence-electron chi connectivity index (χ2n) is 7.08. The molecule has 124 valence electrons. The Morgan fingerprint density at radius 2 is 1.75 bits per heavy atom. The van der Waals surface area contributed by atoms with Crippen LogP contribution in [0.2, 0.25) is 0 Å². The van der Waals surface area contributed by atoms with Gasteiger partial charge in [0, 0.05) is 15.7 Å². The van der Waals surface area contributed by atoms with Crippen LogP contribution in [0.5, 0.6) is 0 Å². The van der Waals surface area contributed by atoms with Crippen LogP contribution in [0.25, 0.3) is 9.75 Å². The molecule has 2 aliphatic rings. The summed E-state index contributed by atoms with van der Waals surface area (Å²) < 4.78 is 0. The Kier molecular flexibility index (Phi) is 4.37. The van der Waals surface area contributed by atoms with E-state index in [-0.39, 0.29) is 5.92 Å². The Hall–Kier alpha value is -1.37. The molecular weight excluding hydrogens is 332 g/mol. The normalized spacial score (nSPS) is 21.8. The first-order chi connectivity index (χ1) is 11.7. The summed E-state index contributed by atoms with van der Waals surface area (Å²) >= 11 is 3.38. The fraction of sp³-hybridized carbons (Fsp3) is 0.476. The third-order valence-electron chi connectivity index (χ3n) is 5.77. The highest BCUT2D eigenvalue weighted by atomic mass is 32.1. The quantitative estimate of drug-likeness (QED) is 0.461. The van der Waals surface area contributed by atoms with Gasteiger partial charge >= 0.3 is 0 Å². The van der Waals surface area contributed by atoms with E-state index in [4.69, 9.17) is 0 Å². The lowest BCUT2D eigenvalue weighted by atomic mass is 9.74. The molecule has 2 aromatic heterocycles. The molecule has 2 saturated carbocycles. The third kappa shape index (κ3) is 2.76. The van der Waals surface area contributed by atoms with Gasteiger partial charge in [-0.25, -0.2) is 0 Å². The lowest BCUT2D eigenvalue weighted by Gasteiger charge is -2.29. The Labute approximate surface area is 152 Å². The van der Waals surface area contributed by atoms with Crippen molar-refractivity contribution in [2.45, 2.75) is 51.9 Å². The molecule has 0 aromatic carbocycles. The van der Waals surface area contributed by atoms with Crippen molar-refractivity contribution in [2.75, 3.05) is 0 Å². The van der Waals surface area contributed by atoms with Crippen molar-refractivity contribution in [3.8, 4) is 21.6 Å². The van der Waals surface area contributed by atoms with Gasteiger partial charge in [0.2, 0.25) is 0 Å². The van der Waals surface area contributed by atoms with Crippen LogP contribution >= 0.6 is 22.7 Å². The molecule has 2 aliphatic carbocycles. The van der Waals surface area contributed by atoms with E-state index < -0.39 is 0 Å². The van der Waals surface area contributed by atoms with Crippen LogP contribution < -0.4 is 0 Å². The van der Waals surface area contributed by atoms with E-state index >= 15 is 0 Å². The van der Waals surface area contributed by atoms with Gasteiger partial charge in [0.1, 0.15) is 0 Å². The molecule has 2 fully saturated rings. The molecular formula is C21H22OS2. The van der Waals surface area contributed by atoms with Crippen LogP contribution in [0, 0.1) is 23.2 Å². The highest BCUT2D eigenvalue weighted by molar-refractivity contribution is 7.23. The van der Waals surface area contributed by atoms with Crippen molar-refractivity contribution in [1.82, 2.24) is 0 Å². The predicted octanol–water partition coefficient (Wildman–Crippen LogP) is 6.39.